The van der Waals surface area contributed by atoms with Crippen LogP contribution in [-0.4, -0.2) is 15.0 Å². The van der Waals surface area contributed by atoms with Crippen LogP contribution in [0.5, 0.6) is 0 Å². The molecule has 3 aromatic heterocycles. The Balaban J connectivity index is 2.05. The van der Waals surface area contributed by atoms with Crippen molar-refractivity contribution >= 4 is 11.0 Å². The lowest BCUT2D eigenvalue weighted by Crippen LogP contribution is -1.84. The standard InChI is InChI=1S/C18H11F2N3/c19-13-3-1-12(2-4-13)17-16(11-5-7-21-8-6-11)15-9-14(20)10-22-18(15)23-17/h1-10H,(H,22,23). The van der Waals surface area contributed by atoms with Crippen LogP contribution in [0.4, 0.5) is 8.78 Å². The third kappa shape index (κ3) is 2.36. The van der Waals surface area contributed by atoms with Gasteiger partial charge in [-0.25, -0.2) is 13.8 Å². The molecule has 0 saturated heterocycles. The molecule has 112 valence electrons. The summed E-state index contributed by atoms with van der Waals surface area (Å²) in [6.07, 6.45) is 4.52. The van der Waals surface area contributed by atoms with Crippen LogP contribution in [0.25, 0.3) is 33.4 Å². The molecule has 3 nitrogen and oxygen atoms in total. The predicted molar refractivity (Wildman–Crippen MR) is 84.7 cm³/mol. The van der Waals surface area contributed by atoms with Crippen molar-refractivity contribution in [2.75, 3.05) is 0 Å². The van der Waals surface area contributed by atoms with Gasteiger partial charge < -0.3 is 4.98 Å². The molecule has 4 rings (SSSR count). The second-order valence-electron chi connectivity index (χ2n) is 5.17. The van der Waals surface area contributed by atoms with Gasteiger partial charge in [-0.15, -0.1) is 0 Å². The molecule has 0 unspecified atom stereocenters. The van der Waals surface area contributed by atoms with Crippen molar-refractivity contribution in [3.8, 4) is 22.4 Å². The summed E-state index contributed by atoms with van der Waals surface area (Å²) in [6, 6.07) is 11.3. The molecule has 0 aliphatic rings. The highest BCUT2D eigenvalue weighted by Gasteiger charge is 2.16. The first-order chi connectivity index (χ1) is 11.2. The number of pyridine rings is 2. The van der Waals surface area contributed by atoms with E-state index in [-0.39, 0.29) is 5.82 Å². The zero-order chi connectivity index (χ0) is 15.8. The average molecular weight is 307 g/mol. The van der Waals surface area contributed by atoms with Crippen LogP contribution in [0.2, 0.25) is 0 Å². The van der Waals surface area contributed by atoms with Crippen LogP contribution in [0.15, 0.2) is 61.1 Å². The fourth-order valence-corrected chi connectivity index (χ4v) is 2.70. The number of aromatic nitrogens is 3. The van der Waals surface area contributed by atoms with E-state index in [9.17, 15) is 8.78 Å². The quantitative estimate of drug-likeness (QED) is 0.589. The Morgan fingerprint density at radius 3 is 2.30 bits per heavy atom. The van der Waals surface area contributed by atoms with Gasteiger partial charge in [0, 0.05) is 23.3 Å². The number of hydrogen-bond acceptors (Lipinski definition) is 2. The Labute approximate surface area is 130 Å². The van der Waals surface area contributed by atoms with Crippen LogP contribution in [0.3, 0.4) is 0 Å². The first kappa shape index (κ1) is 13.6. The van der Waals surface area contributed by atoms with Crippen LogP contribution >= 0.6 is 0 Å². The van der Waals surface area contributed by atoms with Crippen molar-refractivity contribution in [3.05, 3.63) is 72.7 Å². The van der Waals surface area contributed by atoms with Gasteiger partial charge in [0.25, 0.3) is 0 Å². The number of nitrogens with zero attached hydrogens (tertiary/aromatic N) is 2. The minimum Gasteiger partial charge on any atom is -0.339 e. The van der Waals surface area contributed by atoms with E-state index in [1.54, 1.807) is 24.5 Å². The van der Waals surface area contributed by atoms with E-state index in [1.165, 1.54) is 24.4 Å². The van der Waals surface area contributed by atoms with E-state index >= 15 is 0 Å². The number of hydrogen-bond donors (Lipinski definition) is 1. The van der Waals surface area contributed by atoms with Crippen LogP contribution in [0, 0.1) is 11.6 Å². The number of H-pyrrole nitrogens is 1. The number of halogens is 2. The molecule has 1 N–H and O–H groups in total. The maximum Gasteiger partial charge on any atom is 0.142 e. The van der Waals surface area contributed by atoms with Gasteiger partial charge in [0.15, 0.2) is 0 Å². The lowest BCUT2D eigenvalue weighted by molar-refractivity contribution is 0.624. The van der Waals surface area contributed by atoms with E-state index in [0.29, 0.717) is 11.0 Å². The van der Waals surface area contributed by atoms with Gasteiger partial charge in [-0.05, 0) is 53.6 Å². The Morgan fingerprint density at radius 1 is 0.826 bits per heavy atom. The van der Waals surface area contributed by atoms with E-state index in [2.05, 4.69) is 15.0 Å². The minimum atomic E-state index is -0.405. The van der Waals surface area contributed by atoms with Crippen molar-refractivity contribution in [1.29, 1.82) is 0 Å². The molecule has 0 atom stereocenters. The van der Waals surface area contributed by atoms with Crippen LogP contribution < -0.4 is 0 Å². The summed E-state index contributed by atoms with van der Waals surface area (Å²) in [5.41, 5.74) is 3.86. The molecular weight excluding hydrogens is 296 g/mol. The maximum absolute atomic E-state index is 13.7. The summed E-state index contributed by atoms with van der Waals surface area (Å²) >= 11 is 0. The fourth-order valence-electron chi connectivity index (χ4n) is 2.70. The molecule has 0 fully saturated rings. The summed E-state index contributed by atoms with van der Waals surface area (Å²) < 4.78 is 26.9. The Kier molecular flexibility index (Phi) is 3.12. The second kappa shape index (κ2) is 5.28. The van der Waals surface area contributed by atoms with Crippen molar-refractivity contribution in [1.82, 2.24) is 15.0 Å². The Bertz CT molecular complexity index is 977. The highest BCUT2D eigenvalue weighted by atomic mass is 19.1. The molecule has 5 heteroatoms. The summed E-state index contributed by atoms with van der Waals surface area (Å²) in [4.78, 5) is 11.3. The van der Waals surface area contributed by atoms with Gasteiger partial charge in [0.2, 0.25) is 0 Å². The molecule has 23 heavy (non-hydrogen) atoms. The Morgan fingerprint density at radius 2 is 1.57 bits per heavy atom. The van der Waals surface area contributed by atoms with E-state index in [0.717, 1.165) is 22.4 Å². The molecule has 3 heterocycles. The molecular formula is C18H11F2N3. The highest BCUT2D eigenvalue weighted by molar-refractivity contribution is 6.02. The minimum absolute atomic E-state index is 0.306. The second-order valence-corrected chi connectivity index (χ2v) is 5.17. The third-order valence-electron chi connectivity index (χ3n) is 3.72. The number of rotatable bonds is 2. The molecule has 4 aromatic rings. The van der Waals surface area contributed by atoms with Crippen LogP contribution in [-0.2, 0) is 0 Å². The van der Waals surface area contributed by atoms with Gasteiger partial charge in [-0.3, -0.25) is 4.98 Å². The molecule has 0 amide bonds. The molecule has 0 radical (unpaired) electrons. The maximum atomic E-state index is 13.7. The van der Waals surface area contributed by atoms with Crippen molar-refractivity contribution in [2.24, 2.45) is 0 Å². The van der Waals surface area contributed by atoms with Gasteiger partial charge in [-0.2, -0.15) is 0 Å². The number of fused-ring (bicyclic) bond motifs is 1. The highest BCUT2D eigenvalue weighted by Crippen LogP contribution is 2.37. The molecule has 0 aliphatic heterocycles. The number of benzene rings is 1. The SMILES string of the molecule is Fc1ccc(-c2[nH]c3ncc(F)cc3c2-c2ccncc2)cc1. The molecule has 0 saturated carbocycles. The number of aromatic amines is 1. The lowest BCUT2D eigenvalue weighted by atomic mass is 10.00. The zero-order valence-corrected chi connectivity index (χ0v) is 11.9. The topological polar surface area (TPSA) is 41.6 Å². The Hall–Kier alpha value is -3.08. The van der Waals surface area contributed by atoms with Gasteiger partial charge in [0.05, 0.1) is 11.9 Å². The summed E-state index contributed by atoms with van der Waals surface area (Å²) in [5.74, 6) is -0.711. The molecule has 0 spiro atoms. The van der Waals surface area contributed by atoms with Crippen molar-refractivity contribution in [3.63, 3.8) is 0 Å². The largest absolute Gasteiger partial charge is 0.339 e. The monoisotopic (exact) mass is 307 g/mol. The van der Waals surface area contributed by atoms with E-state index in [1.807, 2.05) is 12.1 Å². The first-order valence-corrected chi connectivity index (χ1v) is 7.06. The lowest BCUT2D eigenvalue weighted by Gasteiger charge is -2.05. The molecule has 0 bridgehead atoms. The normalized spacial score (nSPS) is 11.0. The predicted octanol–water partition coefficient (Wildman–Crippen LogP) is 4.57. The molecule has 1 aromatic carbocycles. The summed E-state index contributed by atoms with van der Waals surface area (Å²) in [5, 5.41) is 0.676. The van der Waals surface area contributed by atoms with Crippen molar-refractivity contribution < 1.29 is 8.78 Å². The smallest absolute Gasteiger partial charge is 0.142 e. The van der Waals surface area contributed by atoms with Crippen LogP contribution in [0.1, 0.15) is 0 Å². The van der Waals surface area contributed by atoms with Crippen molar-refractivity contribution in [2.45, 2.75) is 0 Å². The fraction of sp³-hybridized carbons (Fsp3) is 0. The van der Waals surface area contributed by atoms with Gasteiger partial charge >= 0.3 is 0 Å². The zero-order valence-electron chi connectivity index (χ0n) is 11.9. The summed E-state index contributed by atoms with van der Waals surface area (Å²) in [6.45, 7) is 0. The van der Waals surface area contributed by atoms with Gasteiger partial charge in [-0.1, -0.05) is 0 Å². The first-order valence-electron chi connectivity index (χ1n) is 7.06. The number of nitrogens with one attached hydrogen (secondary N) is 1. The average Bonchev–Trinajstić information content (AvgIpc) is 2.95. The van der Waals surface area contributed by atoms with Gasteiger partial charge in [0.1, 0.15) is 17.3 Å². The van der Waals surface area contributed by atoms with E-state index in [4.69, 9.17) is 0 Å². The summed E-state index contributed by atoms with van der Waals surface area (Å²) in [7, 11) is 0. The van der Waals surface area contributed by atoms with E-state index < -0.39 is 5.82 Å². The third-order valence-corrected chi connectivity index (χ3v) is 3.72. The molecule has 0 aliphatic carbocycles.